The SMILES string of the molecule is CCn1c(-c2cccnc2[C@H](C)OC)c2c3cc(ccc31)-c1csc(n1)CC(C(=S)NC(=O)N1CCN(C)CC1)C(=O)N1CCC[C@H](N1)C(=O)OCC(C)(C)C2. The van der Waals surface area contributed by atoms with Crippen LogP contribution in [-0.2, 0) is 38.4 Å². The van der Waals surface area contributed by atoms with E-state index in [0.717, 1.165) is 64.3 Å². The molecule has 0 radical (unpaired) electrons. The Morgan fingerprint density at radius 3 is 2.71 bits per heavy atom. The van der Waals surface area contributed by atoms with E-state index in [1.165, 1.54) is 16.3 Å². The quantitative estimate of drug-likeness (QED) is 0.194. The number of benzene rings is 1. The van der Waals surface area contributed by atoms with E-state index in [9.17, 15) is 14.4 Å². The van der Waals surface area contributed by atoms with Crippen molar-refractivity contribution in [2.45, 2.75) is 72.1 Å². The van der Waals surface area contributed by atoms with E-state index in [1.54, 1.807) is 18.2 Å². The van der Waals surface area contributed by atoms with Crippen LogP contribution in [0.2, 0.25) is 0 Å². The number of pyridine rings is 1. The van der Waals surface area contributed by atoms with Gasteiger partial charge in [0.25, 0.3) is 0 Å². The van der Waals surface area contributed by atoms with Gasteiger partial charge in [-0.2, -0.15) is 0 Å². The molecule has 7 rings (SSSR count). The second-order valence-corrected chi connectivity index (χ2v) is 17.2. The largest absolute Gasteiger partial charge is 0.464 e. The van der Waals surface area contributed by atoms with E-state index >= 15 is 0 Å². The molecule has 3 atom stereocenters. The second kappa shape index (κ2) is 16.7. The van der Waals surface area contributed by atoms with Crippen molar-refractivity contribution in [3.8, 4) is 22.5 Å². The summed E-state index contributed by atoms with van der Waals surface area (Å²) in [6.07, 6.45) is 3.50. The number of carbonyl (C=O) groups is 3. The number of rotatable bonds is 5. The molecule has 1 unspecified atom stereocenters. The first-order chi connectivity index (χ1) is 26.9. The Bertz CT molecular complexity index is 2120. The molecule has 0 aliphatic carbocycles. The van der Waals surface area contributed by atoms with E-state index in [0.29, 0.717) is 43.9 Å². The molecule has 0 spiro atoms. The number of amides is 3. The lowest BCUT2D eigenvalue weighted by Crippen LogP contribution is -2.59. The molecule has 56 heavy (non-hydrogen) atoms. The van der Waals surface area contributed by atoms with Crippen molar-refractivity contribution < 1.29 is 23.9 Å². The molecular weight excluding hydrogens is 749 g/mol. The fourth-order valence-electron chi connectivity index (χ4n) is 7.94. The number of aromatic nitrogens is 3. The van der Waals surface area contributed by atoms with Gasteiger partial charge in [0.2, 0.25) is 5.91 Å². The van der Waals surface area contributed by atoms with Crippen molar-refractivity contribution in [3.05, 3.63) is 58.2 Å². The fraction of sp³-hybridized carbons (Fsp3) is 0.512. The van der Waals surface area contributed by atoms with Gasteiger partial charge in [-0.25, -0.2) is 15.2 Å². The van der Waals surface area contributed by atoms with Crippen LogP contribution in [0.25, 0.3) is 33.4 Å². The molecule has 0 saturated carbocycles. The van der Waals surface area contributed by atoms with E-state index in [4.69, 9.17) is 31.7 Å². The van der Waals surface area contributed by atoms with Crippen LogP contribution in [0.4, 0.5) is 4.79 Å². The number of thiocarbonyl (C=S) groups is 1. The van der Waals surface area contributed by atoms with Gasteiger partial charge in [-0.05, 0) is 70.0 Å². The van der Waals surface area contributed by atoms with Crippen LogP contribution in [0.15, 0.2) is 41.9 Å². The van der Waals surface area contributed by atoms with Gasteiger partial charge >= 0.3 is 12.0 Å². The summed E-state index contributed by atoms with van der Waals surface area (Å²) in [5, 5.41) is 8.16. The first kappa shape index (κ1) is 39.9. The summed E-state index contributed by atoms with van der Waals surface area (Å²) in [5.74, 6) is -1.62. The number of carbonyl (C=O) groups excluding carboxylic acids is 3. The third kappa shape index (κ3) is 8.23. The summed E-state index contributed by atoms with van der Waals surface area (Å²) in [5.41, 5.74) is 9.56. The molecule has 3 aromatic heterocycles. The first-order valence-corrected chi connectivity index (χ1v) is 20.8. The highest BCUT2D eigenvalue weighted by molar-refractivity contribution is 7.80. The zero-order chi connectivity index (χ0) is 39.7. The maximum absolute atomic E-state index is 14.3. The Hall–Kier alpha value is -4.28. The number of fused-ring (bicyclic) bond motifs is 6. The summed E-state index contributed by atoms with van der Waals surface area (Å²) < 4.78 is 14.2. The third-order valence-corrected chi connectivity index (χ3v) is 12.4. The Balaban J connectivity index is 1.31. The molecule has 3 aliphatic heterocycles. The van der Waals surface area contributed by atoms with Crippen LogP contribution < -0.4 is 10.7 Å². The number of ether oxygens (including phenoxy) is 2. The van der Waals surface area contributed by atoms with Crippen molar-refractivity contribution in [2.75, 3.05) is 53.5 Å². The van der Waals surface area contributed by atoms with Crippen LogP contribution in [0.3, 0.4) is 0 Å². The number of hydrogen-bond donors (Lipinski definition) is 2. The third-order valence-electron chi connectivity index (χ3n) is 11.2. The Morgan fingerprint density at radius 2 is 1.96 bits per heavy atom. The van der Waals surface area contributed by atoms with Gasteiger partial charge in [0, 0.05) is 91.8 Å². The monoisotopic (exact) mass is 800 g/mol. The number of urea groups is 1. The van der Waals surface area contributed by atoms with Crippen molar-refractivity contribution in [3.63, 3.8) is 0 Å². The number of cyclic esters (lactones) is 1. The first-order valence-electron chi connectivity index (χ1n) is 19.5. The lowest BCUT2D eigenvalue weighted by molar-refractivity contribution is -0.155. The van der Waals surface area contributed by atoms with E-state index < -0.39 is 23.3 Å². The molecule has 3 amide bonds. The molecule has 3 aliphatic rings. The molecular formula is C41H52N8O5S2. The van der Waals surface area contributed by atoms with Crippen LogP contribution in [0.5, 0.6) is 0 Å². The van der Waals surface area contributed by atoms with E-state index in [-0.39, 0.29) is 36.1 Å². The van der Waals surface area contributed by atoms with Gasteiger partial charge in [0.1, 0.15) is 6.04 Å². The molecule has 13 nitrogen and oxygen atoms in total. The lowest BCUT2D eigenvalue weighted by atomic mass is 9.84. The summed E-state index contributed by atoms with van der Waals surface area (Å²) in [6, 6.07) is 9.48. The zero-order valence-corrected chi connectivity index (χ0v) is 34.7. The van der Waals surface area contributed by atoms with E-state index in [2.05, 4.69) is 65.2 Å². The van der Waals surface area contributed by atoms with Crippen LogP contribution >= 0.6 is 23.6 Å². The maximum atomic E-state index is 14.3. The number of piperazine rings is 1. The number of aryl methyl sites for hydroxylation is 1. The highest BCUT2D eigenvalue weighted by atomic mass is 32.1. The summed E-state index contributed by atoms with van der Waals surface area (Å²) in [6.45, 7) is 12.3. The minimum absolute atomic E-state index is 0.135. The van der Waals surface area contributed by atoms with Gasteiger partial charge in [0.15, 0.2) is 0 Å². The average molecular weight is 801 g/mol. The van der Waals surface area contributed by atoms with Crippen LogP contribution in [-0.4, -0.2) is 112 Å². The number of nitrogens with one attached hydrogen (secondary N) is 2. The lowest BCUT2D eigenvalue weighted by Gasteiger charge is -2.36. The van der Waals surface area contributed by atoms with Gasteiger partial charge < -0.3 is 29.2 Å². The number of hydrogen-bond acceptors (Lipinski definition) is 11. The number of likely N-dealkylation sites (N-methyl/N-ethyl adjacent to an activating group) is 1. The predicted molar refractivity (Wildman–Crippen MR) is 221 cm³/mol. The summed E-state index contributed by atoms with van der Waals surface area (Å²) in [4.78, 5) is 55.3. The van der Waals surface area contributed by atoms with Crippen LogP contribution in [0, 0.1) is 11.3 Å². The van der Waals surface area contributed by atoms with Gasteiger partial charge in [-0.15, -0.1) is 11.3 Å². The predicted octanol–water partition coefficient (Wildman–Crippen LogP) is 5.62. The van der Waals surface area contributed by atoms with Crippen molar-refractivity contribution in [1.82, 2.24) is 40.1 Å². The summed E-state index contributed by atoms with van der Waals surface area (Å²) in [7, 11) is 3.72. The molecule has 6 bridgehead atoms. The molecule has 298 valence electrons. The minimum atomic E-state index is -0.890. The van der Waals surface area contributed by atoms with Crippen molar-refractivity contribution in [2.24, 2.45) is 11.3 Å². The second-order valence-electron chi connectivity index (χ2n) is 15.8. The number of nitrogens with zero attached hydrogens (tertiary/aromatic N) is 6. The topological polar surface area (TPSA) is 134 Å². The van der Waals surface area contributed by atoms with Gasteiger partial charge in [-0.1, -0.05) is 32.1 Å². The van der Waals surface area contributed by atoms with Gasteiger partial charge in [-0.3, -0.25) is 19.6 Å². The molecule has 4 aromatic rings. The molecule has 1 aromatic carbocycles. The number of esters is 1. The minimum Gasteiger partial charge on any atom is -0.464 e. The maximum Gasteiger partial charge on any atom is 0.324 e. The number of methoxy groups -OCH3 is 1. The Kier molecular flexibility index (Phi) is 11.9. The zero-order valence-electron chi connectivity index (χ0n) is 33.1. The molecule has 2 N–H and O–H groups in total. The molecule has 2 fully saturated rings. The van der Waals surface area contributed by atoms with Crippen molar-refractivity contribution in [1.29, 1.82) is 0 Å². The Morgan fingerprint density at radius 1 is 1.18 bits per heavy atom. The normalized spacial score (nSPS) is 21.4. The highest BCUT2D eigenvalue weighted by Gasteiger charge is 2.37. The summed E-state index contributed by atoms with van der Waals surface area (Å²) >= 11 is 7.30. The van der Waals surface area contributed by atoms with Gasteiger partial charge in [0.05, 0.1) is 45.7 Å². The standard InChI is InChI=1S/C41H52N8O5S2/c1-7-48-33-13-12-26-20-28(33)30(36(48)27-10-8-14-42-35(27)25(2)53-6)22-41(3,4)24-54-39(51)31-11-9-15-49(45-31)38(50)29(21-34-43-32(26)23-56-34)37(55)44-40(52)47-18-16-46(5)17-19-47/h8,10,12-14,20,23,25,29,31,45H,7,9,11,15-19,21-22,24H2,1-6H3,(H,44,52,55)/t25-,29?,31-/m0/s1. The van der Waals surface area contributed by atoms with E-state index in [1.807, 2.05) is 25.4 Å². The molecule has 6 heterocycles. The molecule has 15 heteroatoms. The number of thiazole rings is 1. The fourth-order valence-corrected chi connectivity index (χ4v) is 9.06. The highest BCUT2D eigenvalue weighted by Crippen LogP contribution is 2.42. The average Bonchev–Trinajstić information content (AvgIpc) is 3.80. The van der Waals surface area contributed by atoms with Crippen LogP contribution in [0.1, 0.15) is 62.9 Å². The molecule has 2 saturated heterocycles. The van der Waals surface area contributed by atoms with Crippen molar-refractivity contribution >= 4 is 57.4 Å². The number of hydrazine groups is 1. The Labute approximate surface area is 337 Å². The smallest absolute Gasteiger partial charge is 0.324 e.